The molecule has 2 heterocycles. The van der Waals surface area contributed by atoms with Gasteiger partial charge in [-0.1, -0.05) is 46.1 Å². The Morgan fingerprint density at radius 1 is 1.04 bits per heavy atom. The molecule has 2 amide bonds. The lowest BCUT2D eigenvalue weighted by molar-refractivity contribution is 0.262. The van der Waals surface area contributed by atoms with Crippen LogP contribution in [0.5, 0.6) is 0 Å². The fourth-order valence-corrected chi connectivity index (χ4v) is 4.07. The second-order valence-corrected chi connectivity index (χ2v) is 8.11. The number of thiazole rings is 1. The van der Waals surface area contributed by atoms with Crippen molar-refractivity contribution in [1.29, 1.82) is 0 Å². The molecule has 0 spiro atoms. The predicted octanol–water partition coefficient (Wildman–Crippen LogP) is 6.37. The summed E-state index contributed by atoms with van der Waals surface area (Å²) in [5, 5.41) is 12.2. The van der Waals surface area contributed by atoms with E-state index in [-0.39, 0.29) is 0 Å². The quantitative estimate of drug-likeness (QED) is 0.379. The van der Waals surface area contributed by atoms with Crippen molar-refractivity contribution in [2.24, 2.45) is 0 Å². The molecule has 0 unspecified atom stereocenters. The number of halogens is 3. The fraction of sp³-hybridized carbons (Fsp3) is 0.0556. The lowest BCUT2D eigenvalue weighted by Gasteiger charge is -2.08. The summed E-state index contributed by atoms with van der Waals surface area (Å²) in [6.45, 7) is 1.86. The first kappa shape index (κ1) is 19.0. The summed E-state index contributed by atoms with van der Waals surface area (Å²) in [4.78, 5) is 17.5. The van der Waals surface area contributed by atoms with E-state index in [2.05, 4.69) is 20.7 Å². The fourth-order valence-electron chi connectivity index (χ4n) is 2.53. The van der Waals surface area contributed by atoms with Crippen molar-refractivity contribution < 1.29 is 4.79 Å². The average Bonchev–Trinajstić information content (AvgIpc) is 3.18. The van der Waals surface area contributed by atoms with Gasteiger partial charge in [-0.05, 0) is 49.4 Å². The van der Waals surface area contributed by atoms with Gasteiger partial charge >= 0.3 is 6.03 Å². The Kier molecular flexibility index (Phi) is 5.16. The molecule has 0 saturated heterocycles. The number of nitrogens with zero attached hydrogens (tertiary/aromatic N) is 3. The third kappa shape index (κ3) is 3.79. The van der Waals surface area contributed by atoms with E-state index in [1.165, 1.54) is 11.3 Å². The van der Waals surface area contributed by atoms with Gasteiger partial charge in [0.1, 0.15) is 5.00 Å². The van der Waals surface area contributed by atoms with Crippen LogP contribution in [0.15, 0.2) is 42.5 Å². The summed E-state index contributed by atoms with van der Waals surface area (Å²) in [7, 11) is 0. The minimum atomic E-state index is -0.422. The molecule has 0 aliphatic carbocycles. The van der Waals surface area contributed by atoms with Crippen LogP contribution in [0.25, 0.3) is 16.3 Å². The van der Waals surface area contributed by atoms with Crippen LogP contribution in [0.3, 0.4) is 0 Å². The number of nitrogens with one attached hydrogen (secondary N) is 2. The highest BCUT2D eigenvalue weighted by Crippen LogP contribution is 2.30. The average molecular weight is 453 g/mol. The van der Waals surface area contributed by atoms with E-state index < -0.39 is 6.03 Å². The van der Waals surface area contributed by atoms with Crippen molar-refractivity contribution in [1.82, 2.24) is 14.6 Å². The smallest absolute Gasteiger partial charge is 0.306 e. The largest absolute Gasteiger partial charge is 0.324 e. The van der Waals surface area contributed by atoms with E-state index >= 15 is 0 Å². The van der Waals surface area contributed by atoms with Crippen molar-refractivity contribution in [2.75, 3.05) is 10.6 Å². The molecular weight excluding hydrogens is 441 g/mol. The molecule has 0 aliphatic heterocycles. The lowest BCUT2D eigenvalue weighted by atomic mass is 10.2. The van der Waals surface area contributed by atoms with Gasteiger partial charge in [0.2, 0.25) is 4.96 Å². The second-order valence-electron chi connectivity index (χ2n) is 5.86. The molecule has 142 valence electrons. The number of rotatable bonds is 3. The first-order valence-corrected chi connectivity index (χ1v) is 10.0. The van der Waals surface area contributed by atoms with E-state index in [1.54, 1.807) is 34.8 Å². The van der Waals surface area contributed by atoms with Crippen molar-refractivity contribution in [2.45, 2.75) is 6.92 Å². The van der Waals surface area contributed by atoms with Gasteiger partial charge in [0.25, 0.3) is 0 Å². The molecule has 2 aromatic heterocycles. The second kappa shape index (κ2) is 7.60. The summed E-state index contributed by atoms with van der Waals surface area (Å²) in [5.41, 5.74) is 2.10. The first-order chi connectivity index (χ1) is 13.4. The SMILES string of the molecule is Cc1c(NC(=O)Nc2ccc(Cl)cc2Cl)sc2nc(-c3ccc(Cl)cc3)nn12. The van der Waals surface area contributed by atoms with Gasteiger partial charge in [-0.3, -0.25) is 5.32 Å². The Labute approximate surface area is 179 Å². The van der Waals surface area contributed by atoms with E-state index in [0.717, 1.165) is 11.3 Å². The van der Waals surface area contributed by atoms with Gasteiger partial charge in [0.15, 0.2) is 5.82 Å². The minimum Gasteiger partial charge on any atom is -0.306 e. The summed E-state index contributed by atoms with van der Waals surface area (Å²) in [6.07, 6.45) is 0. The van der Waals surface area contributed by atoms with Crippen molar-refractivity contribution in [3.63, 3.8) is 0 Å². The van der Waals surface area contributed by atoms with Crippen LogP contribution in [0.4, 0.5) is 15.5 Å². The summed E-state index contributed by atoms with van der Waals surface area (Å²) in [6, 6.07) is 11.7. The molecule has 2 N–H and O–H groups in total. The Morgan fingerprint density at radius 2 is 1.75 bits per heavy atom. The molecule has 0 aliphatic rings. The van der Waals surface area contributed by atoms with E-state index in [0.29, 0.717) is 36.5 Å². The molecule has 4 aromatic rings. The number of benzene rings is 2. The van der Waals surface area contributed by atoms with Crippen LogP contribution >= 0.6 is 46.1 Å². The minimum absolute atomic E-state index is 0.356. The summed E-state index contributed by atoms with van der Waals surface area (Å²) < 4.78 is 1.69. The van der Waals surface area contributed by atoms with Crippen molar-refractivity contribution in [3.8, 4) is 11.4 Å². The Balaban J connectivity index is 1.54. The van der Waals surface area contributed by atoms with Gasteiger partial charge in [0.05, 0.1) is 16.4 Å². The number of hydrogen-bond acceptors (Lipinski definition) is 4. The number of aromatic nitrogens is 3. The monoisotopic (exact) mass is 451 g/mol. The van der Waals surface area contributed by atoms with Crippen molar-refractivity contribution in [3.05, 3.63) is 63.2 Å². The number of aryl methyl sites for hydroxylation is 1. The van der Waals surface area contributed by atoms with Crippen LogP contribution in [0.2, 0.25) is 15.1 Å². The van der Waals surface area contributed by atoms with Crippen LogP contribution < -0.4 is 10.6 Å². The molecule has 0 saturated carbocycles. The van der Waals surface area contributed by atoms with Crippen LogP contribution in [-0.4, -0.2) is 20.6 Å². The molecule has 6 nitrogen and oxygen atoms in total. The zero-order valence-corrected chi connectivity index (χ0v) is 17.4. The van der Waals surface area contributed by atoms with E-state index in [9.17, 15) is 4.79 Å². The third-order valence-electron chi connectivity index (χ3n) is 3.93. The molecule has 0 fully saturated rings. The van der Waals surface area contributed by atoms with Crippen molar-refractivity contribution >= 4 is 67.8 Å². The molecule has 2 aromatic carbocycles. The normalized spacial score (nSPS) is 11.0. The Hall–Kier alpha value is -2.32. The number of anilines is 2. The number of hydrogen-bond donors (Lipinski definition) is 2. The number of fused-ring (bicyclic) bond motifs is 1. The Bertz CT molecular complexity index is 1190. The number of carbonyl (C=O) groups is 1. The highest BCUT2D eigenvalue weighted by molar-refractivity contribution is 7.21. The van der Waals surface area contributed by atoms with Gasteiger partial charge in [-0.15, -0.1) is 5.10 Å². The molecular formula is C18H12Cl3N5OS. The molecule has 28 heavy (non-hydrogen) atoms. The summed E-state index contributed by atoms with van der Waals surface area (Å²) >= 11 is 19.2. The predicted molar refractivity (Wildman–Crippen MR) is 115 cm³/mol. The molecule has 0 radical (unpaired) electrons. The highest BCUT2D eigenvalue weighted by Gasteiger charge is 2.16. The highest BCUT2D eigenvalue weighted by atomic mass is 35.5. The third-order valence-corrected chi connectivity index (χ3v) is 5.77. The maximum absolute atomic E-state index is 12.3. The van der Waals surface area contributed by atoms with E-state index in [4.69, 9.17) is 34.8 Å². The number of carbonyl (C=O) groups excluding carboxylic acids is 1. The molecule has 0 bridgehead atoms. The standard InChI is InChI=1S/C18H12Cl3N5OS/c1-9-16(24-17(27)22-14-7-6-12(20)8-13(14)21)28-18-23-15(25-26(9)18)10-2-4-11(19)5-3-10/h2-8H,1H3,(H2,22,24,27). The van der Waals surface area contributed by atoms with Crippen LogP contribution in [0.1, 0.15) is 5.69 Å². The van der Waals surface area contributed by atoms with Gasteiger partial charge in [-0.25, -0.2) is 9.31 Å². The maximum Gasteiger partial charge on any atom is 0.324 e. The number of amides is 2. The first-order valence-electron chi connectivity index (χ1n) is 8.06. The van der Waals surface area contributed by atoms with Gasteiger partial charge < -0.3 is 5.32 Å². The summed E-state index contributed by atoms with van der Waals surface area (Å²) in [5.74, 6) is 0.593. The molecule has 10 heteroatoms. The van der Waals surface area contributed by atoms with Crippen LogP contribution in [0, 0.1) is 6.92 Å². The topological polar surface area (TPSA) is 71.3 Å². The molecule has 0 atom stereocenters. The lowest BCUT2D eigenvalue weighted by Crippen LogP contribution is -2.19. The van der Waals surface area contributed by atoms with Gasteiger partial charge in [0, 0.05) is 15.6 Å². The zero-order chi connectivity index (χ0) is 19.8. The molecule has 4 rings (SSSR count). The maximum atomic E-state index is 12.3. The van der Waals surface area contributed by atoms with E-state index in [1.807, 2.05) is 19.1 Å². The zero-order valence-electron chi connectivity index (χ0n) is 14.3. The van der Waals surface area contributed by atoms with Gasteiger partial charge in [-0.2, -0.15) is 4.98 Å². The Morgan fingerprint density at radius 3 is 2.43 bits per heavy atom. The number of urea groups is 1. The van der Waals surface area contributed by atoms with Crippen LogP contribution in [-0.2, 0) is 0 Å².